The van der Waals surface area contributed by atoms with Gasteiger partial charge in [-0.05, 0) is 30.2 Å². The van der Waals surface area contributed by atoms with Crippen LogP contribution < -0.4 is 0 Å². The van der Waals surface area contributed by atoms with Crippen LogP contribution in [-0.4, -0.2) is 29.6 Å². The molecule has 0 heterocycles. The summed E-state index contributed by atoms with van der Waals surface area (Å²) in [5, 5.41) is 9.25. The van der Waals surface area contributed by atoms with Crippen molar-refractivity contribution in [3.05, 3.63) is 77.4 Å². The Kier molecular flexibility index (Phi) is 6.21. The highest BCUT2D eigenvalue weighted by Crippen LogP contribution is 2.23. The SMILES string of the molecule is CN(C(=O)/C=C/c1c(F)cccc1F)C(CCO)c1ccccc1. The topological polar surface area (TPSA) is 40.5 Å². The van der Waals surface area contributed by atoms with Gasteiger partial charge in [0, 0.05) is 25.3 Å². The van der Waals surface area contributed by atoms with Crippen LogP contribution in [0.4, 0.5) is 8.78 Å². The van der Waals surface area contributed by atoms with E-state index in [2.05, 4.69) is 0 Å². The van der Waals surface area contributed by atoms with Crippen LogP contribution in [-0.2, 0) is 4.79 Å². The Labute approximate surface area is 139 Å². The van der Waals surface area contributed by atoms with Crippen molar-refractivity contribution in [1.82, 2.24) is 4.90 Å². The van der Waals surface area contributed by atoms with E-state index in [1.165, 1.54) is 11.0 Å². The highest BCUT2D eigenvalue weighted by atomic mass is 19.1. The zero-order valence-electron chi connectivity index (χ0n) is 13.3. The van der Waals surface area contributed by atoms with Crippen LogP contribution >= 0.6 is 0 Å². The second-order valence-corrected chi connectivity index (χ2v) is 5.36. The van der Waals surface area contributed by atoms with Crippen LogP contribution in [0, 0.1) is 11.6 Å². The van der Waals surface area contributed by atoms with Gasteiger partial charge in [-0.2, -0.15) is 0 Å². The van der Waals surface area contributed by atoms with E-state index in [4.69, 9.17) is 0 Å². The molecule has 0 aromatic heterocycles. The number of amides is 1. The first-order valence-electron chi connectivity index (χ1n) is 7.59. The summed E-state index contributed by atoms with van der Waals surface area (Å²) >= 11 is 0. The Morgan fingerprint density at radius 2 is 1.75 bits per heavy atom. The van der Waals surface area contributed by atoms with Gasteiger partial charge >= 0.3 is 0 Å². The van der Waals surface area contributed by atoms with Crippen molar-refractivity contribution in [3.63, 3.8) is 0 Å². The lowest BCUT2D eigenvalue weighted by atomic mass is 10.0. The molecule has 3 nitrogen and oxygen atoms in total. The van der Waals surface area contributed by atoms with Gasteiger partial charge in [0.2, 0.25) is 5.91 Å². The average molecular weight is 331 g/mol. The quantitative estimate of drug-likeness (QED) is 0.822. The number of hydrogen-bond donors (Lipinski definition) is 1. The predicted molar refractivity (Wildman–Crippen MR) is 89.0 cm³/mol. The molecule has 0 fully saturated rings. The lowest BCUT2D eigenvalue weighted by Gasteiger charge is -2.27. The third-order valence-corrected chi connectivity index (χ3v) is 3.79. The molecule has 2 aromatic rings. The molecule has 0 aliphatic rings. The maximum atomic E-state index is 13.6. The Morgan fingerprint density at radius 1 is 1.12 bits per heavy atom. The van der Waals surface area contributed by atoms with Gasteiger partial charge in [-0.25, -0.2) is 8.78 Å². The molecule has 1 atom stereocenters. The zero-order chi connectivity index (χ0) is 17.5. The summed E-state index contributed by atoms with van der Waals surface area (Å²) in [4.78, 5) is 13.8. The molecule has 0 saturated heterocycles. The molecular formula is C19H19F2NO2. The second kappa shape index (κ2) is 8.36. The van der Waals surface area contributed by atoms with Crippen molar-refractivity contribution in [2.24, 2.45) is 0 Å². The molecule has 126 valence electrons. The third kappa shape index (κ3) is 4.26. The summed E-state index contributed by atoms with van der Waals surface area (Å²) in [7, 11) is 1.59. The first-order chi connectivity index (χ1) is 11.5. The fourth-order valence-corrected chi connectivity index (χ4v) is 2.48. The Morgan fingerprint density at radius 3 is 2.33 bits per heavy atom. The predicted octanol–water partition coefficient (Wildman–Crippen LogP) is 3.56. The molecule has 1 N–H and O–H groups in total. The van der Waals surface area contributed by atoms with Gasteiger partial charge < -0.3 is 10.0 Å². The minimum atomic E-state index is -0.725. The monoisotopic (exact) mass is 331 g/mol. The fourth-order valence-electron chi connectivity index (χ4n) is 2.48. The van der Waals surface area contributed by atoms with E-state index in [1.807, 2.05) is 30.3 Å². The molecule has 0 bridgehead atoms. The third-order valence-electron chi connectivity index (χ3n) is 3.79. The summed E-state index contributed by atoms with van der Waals surface area (Å²) in [6, 6.07) is 12.5. The molecule has 2 aromatic carbocycles. The number of carbonyl (C=O) groups is 1. The van der Waals surface area contributed by atoms with Crippen LogP contribution in [0.2, 0.25) is 0 Å². The van der Waals surface area contributed by atoms with E-state index in [9.17, 15) is 18.7 Å². The van der Waals surface area contributed by atoms with E-state index in [0.29, 0.717) is 6.42 Å². The van der Waals surface area contributed by atoms with E-state index in [-0.39, 0.29) is 18.2 Å². The van der Waals surface area contributed by atoms with Gasteiger partial charge in [-0.1, -0.05) is 36.4 Å². The molecule has 0 aliphatic heterocycles. The molecule has 2 rings (SSSR count). The number of nitrogens with zero attached hydrogens (tertiary/aromatic N) is 1. The van der Waals surface area contributed by atoms with Crippen LogP contribution in [0.15, 0.2) is 54.6 Å². The molecule has 5 heteroatoms. The van der Waals surface area contributed by atoms with E-state index in [0.717, 1.165) is 29.8 Å². The largest absolute Gasteiger partial charge is 0.396 e. The van der Waals surface area contributed by atoms with Gasteiger partial charge in [0.1, 0.15) is 11.6 Å². The minimum Gasteiger partial charge on any atom is -0.396 e. The van der Waals surface area contributed by atoms with Crippen LogP contribution in [0.1, 0.15) is 23.6 Å². The molecule has 1 amide bonds. The van der Waals surface area contributed by atoms with E-state index < -0.39 is 17.5 Å². The lowest BCUT2D eigenvalue weighted by Crippen LogP contribution is -2.30. The normalized spacial score (nSPS) is 12.3. The Balaban J connectivity index is 2.19. The number of aliphatic hydroxyl groups excluding tert-OH is 1. The fraction of sp³-hybridized carbons (Fsp3) is 0.211. The van der Waals surface area contributed by atoms with Gasteiger partial charge in [0.05, 0.1) is 6.04 Å². The summed E-state index contributed by atoms with van der Waals surface area (Å²) in [6.45, 7) is -0.0805. The number of carbonyl (C=O) groups excluding carboxylic acids is 1. The highest BCUT2D eigenvalue weighted by molar-refractivity contribution is 5.92. The van der Waals surface area contributed by atoms with Gasteiger partial charge in [0.15, 0.2) is 0 Å². The molecular weight excluding hydrogens is 312 g/mol. The number of likely N-dealkylation sites (N-methyl/N-ethyl adjacent to an activating group) is 1. The smallest absolute Gasteiger partial charge is 0.246 e. The second-order valence-electron chi connectivity index (χ2n) is 5.36. The summed E-state index contributed by atoms with van der Waals surface area (Å²) in [5.74, 6) is -1.85. The summed E-state index contributed by atoms with van der Waals surface area (Å²) in [5.41, 5.74) is 0.630. The number of rotatable bonds is 6. The highest BCUT2D eigenvalue weighted by Gasteiger charge is 2.19. The maximum absolute atomic E-state index is 13.6. The first kappa shape index (κ1) is 17.8. The van der Waals surface area contributed by atoms with Crippen molar-refractivity contribution in [2.75, 3.05) is 13.7 Å². The molecule has 0 saturated carbocycles. The summed E-state index contributed by atoms with van der Waals surface area (Å²) < 4.78 is 27.2. The number of aliphatic hydroxyl groups is 1. The van der Waals surface area contributed by atoms with Crippen molar-refractivity contribution in [2.45, 2.75) is 12.5 Å². The maximum Gasteiger partial charge on any atom is 0.246 e. The van der Waals surface area contributed by atoms with E-state index >= 15 is 0 Å². The van der Waals surface area contributed by atoms with Crippen LogP contribution in [0.5, 0.6) is 0 Å². The molecule has 0 aliphatic carbocycles. The molecule has 0 spiro atoms. The molecule has 24 heavy (non-hydrogen) atoms. The Hall–Kier alpha value is -2.53. The molecule has 0 radical (unpaired) electrons. The summed E-state index contributed by atoms with van der Waals surface area (Å²) in [6.07, 6.45) is 2.63. The van der Waals surface area contributed by atoms with Gasteiger partial charge in [-0.3, -0.25) is 4.79 Å². The standard InChI is InChI=1S/C19H19F2NO2/c1-22(18(12-13-23)14-6-3-2-4-7-14)19(24)11-10-15-16(20)8-5-9-17(15)21/h2-11,18,23H,12-13H2,1H3/b11-10+. The van der Waals surface area contributed by atoms with E-state index in [1.54, 1.807) is 7.05 Å². The lowest BCUT2D eigenvalue weighted by molar-refractivity contribution is -0.127. The van der Waals surface area contributed by atoms with Crippen molar-refractivity contribution in [1.29, 1.82) is 0 Å². The zero-order valence-corrected chi connectivity index (χ0v) is 13.3. The van der Waals surface area contributed by atoms with Crippen molar-refractivity contribution >= 4 is 12.0 Å². The first-order valence-corrected chi connectivity index (χ1v) is 7.59. The Bertz CT molecular complexity index is 696. The van der Waals surface area contributed by atoms with Crippen LogP contribution in [0.3, 0.4) is 0 Å². The average Bonchev–Trinajstić information content (AvgIpc) is 2.59. The number of halogens is 2. The van der Waals surface area contributed by atoms with Crippen LogP contribution in [0.25, 0.3) is 6.08 Å². The van der Waals surface area contributed by atoms with Crippen molar-refractivity contribution in [3.8, 4) is 0 Å². The number of benzene rings is 2. The minimum absolute atomic E-state index is 0.0805. The van der Waals surface area contributed by atoms with Crippen molar-refractivity contribution < 1.29 is 18.7 Å². The number of hydrogen-bond acceptors (Lipinski definition) is 2. The molecule has 1 unspecified atom stereocenters. The van der Waals surface area contributed by atoms with Gasteiger partial charge in [-0.15, -0.1) is 0 Å². The van der Waals surface area contributed by atoms with Gasteiger partial charge in [0.25, 0.3) is 0 Å².